The molecule has 2 atom stereocenters. The number of thioether (sulfide) groups is 1. The zero-order chi connectivity index (χ0) is 18.5. The smallest absolute Gasteiger partial charge is 0.326 e. The van der Waals surface area contributed by atoms with Crippen molar-refractivity contribution in [3.63, 3.8) is 0 Å². The number of hydrogen-bond acceptors (Lipinski definition) is 3. The number of carboxylic acids is 1. The number of rotatable bonds is 6. The van der Waals surface area contributed by atoms with E-state index in [1.54, 1.807) is 12.1 Å². The van der Waals surface area contributed by atoms with Gasteiger partial charge in [-0.25, -0.2) is 4.79 Å². The van der Waals surface area contributed by atoms with Gasteiger partial charge in [0.15, 0.2) is 0 Å². The van der Waals surface area contributed by atoms with Crippen LogP contribution in [0, 0.1) is 0 Å². The summed E-state index contributed by atoms with van der Waals surface area (Å²) in [6, 6.07) is 14.6. The summed E-state index contributed by atoms with van der Waals surface area (Å²) in [5, 5.41) is 12.4. The molecular formula is C21H23NO3S. The summed E-state index contributed by atoms with van der Waals surface area (Å²) in [5.74, 6) is -1.15. The van der Waals surface area contributed by atoms with E-state index < -0.39 is 12.0 Å². The minimum atomic E-state index is -0.983. The highest BCUT2D eigenvalue weighted by atomic mass is 32.2. The lowest BCUT2D eigenvalue weighted by Gasteiger charge is -2.28. The average molecular weight is 369 g/mol. The monoisotopic (exact) mass is 369 g/mol. The molecule has 2 N–H and O–H groups in total. The Kier molecular flexibility index (Phi) is 5.99. The van der Waals surface area contributed by atoms with Crippen molar-refractivity contribution < 1.29 is 14.7 Å². The van der Waals surface area contributed by atoms with Crippen molar-refractivity contribution in [3.05, 3.63) is 65.2 Å². The van der Waals surface area contributed by atoms with Crippen LogP contribution in [0.15, 0.2) is 53.4 Å². The molecule has 0 heterocycles. The van der Waals surface area contributed by atoms with Crippen molar-refractivity contribution >= 4 is 23.6 Å². The van der Waals surface area contributed by atoms with E-state index in [4.69, 9.17) is 0 Å². The van der Waals surface area contributed by atoms with Gasteiger partial charge >= 0.3 is 5.97 Å². The number of nitrogens with one attached hydrogen (secondary N) is 1. The van der Waals surface area contributed by atoms with Crippen molar-refractivity contribution in [2.45, 2.75) is 42.5 Å². The molecule has 2 aromatic rings. The van der Waals surface area contributed by atoms with Crippen LogP contribution in [0.1, 0.15) is 46.7 Å². The molecule has 2 aromatic carbocycles. The Balaban J connectivity index is 1.77. The molecule has 0 fully saturated rings. The van der Waals surface area contributed by atoms with Gasteiger partial charge in [0.05, 0.1) is 5.56 Å². The fraction of sp³-hybridized carbons (Fsp3) is 0.333. The molecule has 0 saturated heterocycles. The van der Waals surface area contributed by atoms with Crippen LogP contribution in [0.2, 0.25) is 0 Å². The van der Waals surface area contributed by atoms with E-state index in [1.807, 2.05) is 30.5 Å². The summed E-state index contributed by atoms with van der Waals surface area (Å²) in [6.45, 7) is 0. The molecule has 3 rings (SSSR count). The van der Waals surface area contributed by atoms with Gasteiger partial charge in [-0.05, 0) is 61.1 Å². The van der Waals surface area contributed by atoms with Crippen molar-refractivity contribution in [2.24, 2.45) is 0 Å². The van der Waals surface area contributed by atoms with Crippen molar-refractivity contribution in [2.75, 3.05) is 6.26 Å². The maximum atomic E-state index is 12.6. The lowest BCUT2D eigenvalue weighted by Crippen LogP contribution is -2.42. The molecule has 0 aliphatic heterocycles. The van der Waals surface area contributed by atoms with Gasteiger partial charge in [0.2, 0.25) is 0 Å². The predicted octanol–water partition coefficient (Wildman–Crippen LogP) is 4.10. The minimum absolute atomic E-state index is 0.164. The number of carbonyl (C=O) groups is 2. The van der Waals surface area contributed by atoms with Gasteiger partial charge in [-0.3, -0.25) is 4.79 Å². The quantitative estimate of drug-likeness (QED) is 0.752. The second-order valence-corrected chi connectivity index (χ2v) is 7.44. The van der Waals surface area contributed by atoms with Gasteiger partial charge in [-0.2, -0.15) is 0 Å². The Morgan fingerprint density at radius 1 is 1.19 bits per heavy atom. The second-order valence-electron chi connectivity index (χ2n) is 6.59. The Morgan fingerprint density at radius 2 is 1.92 bits per heavy atom. The molecule has 4 nitrogen and oxygen atoms in total. The molecule has 1 amide bonds. The van der Waals surface area contributed by atoms with E-state index in [2.05, 4.69) is 17.4 Å². The summed E-state index contributed by atoms with van der Waals surface area (Å²) >= 11 is 1.48. The molecule has 5 heteroatoms. The molecule has 26 heavy (non-hydrogen) atoms. The number of amides is 1. The Morgan fingerprint density at radius 3 is 2.69 bits per heavy atom. The van der Waals surface area contributed by atoms with E-state index in [0.717, 1.165) is 24.2 Å². The SMILES string of the molecule is CSc1ccccc1C(=O)NC(CC1CCCc2ccccc21)C(=O)O. The standard InChI is InChI=1S/C21H23NO3S/c1-26-19-12-5-4-11-17(19)20(23)22-18(21(24)25)13-15-9-6-8-14-7-2-3-10-16(14)15/h2-5,7,10-12,15,18H,6,8-9,13H2,1H3,(H,22,23)(H,24,25). The summed E-state index contributed by atoms with van der Waals surface area (Å²) < 4.78 is 0. The summed E-state index contributed by atoms with van der Waals surface area (Å²) in [6.07, 6.45) is 5.37. The zero-order valence-corrected chi connectivity index (χ0v) is 15.6. The summed E-state index contributed by atoms with van der Waals surface area (Å²) in [5.41, 5.74) is 3.05. The van der Waals surface area contributed by atoms with Gasteiger partial charge in [0.1, 0.15) is 6.04 Å². The van der Waals surface area contributed by atoms with Crippen LogP contribution >= 0.6 is 11.8 Å². The first-order chi connectivity index (χ1) is 12.6. The molecule has 136 valence electrons. The van der Waals surface area contributed by atoms with Crippen molar-refractivity contribution in [1.82, 2.24) is 5.32 Å². The van der Waals surface area contributed by atoms with E-state index in [1.165, 1.54) is 22.9 Å². The van der Waals surface area contributed by atoms with Crippen LogP contribution in [0.3, 0.4) is 0 Å². The van der Waals surface area contributed by atoms with Gasteiger partial charge in [-0.1, -0.05) is 36.4 Å². The number of aliphatic carboxylic acids is 1. The number of aryl methyl sites for hydroxylation is 1. The molecule has 0 saturated carbocycles. The van der Waals surface area contributed by atoms with Crippen LogP contribution in [-0.2, 0) is 11.2 Å². The summed E-state index contributed by atoms with van der Waals surface area (Å²) in [4.78, 5) is 25.3. The highest BCUT2D eigenvalue weighted by Crippen LogP contribution is 2.34. The number of hydrogen-bond donors (Lipinski definition) is 2. The first-order valence-corrected chi connectivity index (χ1v) is 10.1. The molecule has 0 aromatic heterocycles. The normalized spacial score (nSPS) is 17.2. The maximum Gasteiger partial charge on any atom is 0.326 e. The Bertz CT molecular complexity index is 805. The lowest BCUT2D eigenvalue weighted by atomic mass is 9.79. The van der Waals surface area contributed by atoms with E-state index in [0.29, 0.717) is 12.0 Å². The van der Waals surface area contributed by atoms with Gasteiger partial charge < -0.3 is 10.4 Å². The third-order valence-corrected chi connectivity index (χ3v) is 5.76. The Labute approximate surface area is 158 Å². The fourth-order valence-electron chi connectivity index (χ4n) is 3.67. The average Bonchev–Trinajstić information content (AvgIpc) is 2.67. The maximum absolute atomic E-state index is 12.6. The third kappa shape index (κ3) is 4.10. The van der Waals surface area contributed by atoms with Gasteiger partial charge in [0, 0.05) is 4.90 Å². The van der Waals surface area contributed by atoms with Crippen molar-refractivity contribution in [1.29, 1.82) is 0 Å². The minimum Gasteiger partial charge on any atom is -0.480 e. The fourth-order valence-corrected chi connectivity index (χ4v) is 4.27. The molecule has 0 bridgehead atoms. The third-order valence-electron chi connectivity index (χ3n) is 4.97. The number of benzene rings is 2. The largest absolute Gasteiger partial charge is 0.480 e. The molecular weight excluding hydrogens is 346 g/mol. The van der Waals surface area contributed by atoms with Crippen LogP contribution in [0.4, 0.5) is 0 Å². The highest BCUT2D eigenvalue weighted by Gasteiger charge is 2.28. The van der Waals surface area contributed by atoms with E-state index in [-0.39, 0.29) is 11.8 Å². The van der Waals surface area contributed by atoms with Gasteiger partial charge in [0.25, 0.3) is 5.91 Å². The lowest BCUT2D eigenvalue weighted by molar-refractivity contribution is -0.139. The number of carboxylic acid groups (broad SMARTS) is 1. The van der Waals surface area contributed by atoms with E-state index >= 15 is 0 Å². The van der Waals surface area contributed by atoms with Crippen LogP contribution < -0.4 is 5.32 Å². The molecule has 1 aliphatic rings. The van der Waals surface area contributed by atoms with E-state index in [9.17, 15) is 14.7 Å². The molecule has 1 aliphatic carbocycles. The second kappa shape index (κ2) is 8.41. The Hall–Kier alpha value is -2.27. The first kappa shape index (κ1) is 18.5. The molecule has 2 unspecified atom stereocenters. The predicted molar refractivity (Wildman–Crippen MR) is 104 cm³/mol. The zero-order valence-electron chi connectivity index (χ0n) is 14.8. The number of carbonyl (C=O) groups excluding carboxylic acids is 1. The van der Waals surface area contributed by atoms with Crippen LogP contribution in [0.5, 0.6) is 0 Å². The first-order valence-electron chi connectivity index (χ1n) is 8.84. The summed E-state index contributed by atoms with van der Waals surface area (Å²) in [7, 11) is 0. The van der Waals surface area contributed by atoms with Crippen LogP contribution in [-0.4, -0.2) is 29.3 Å². The molecule has 0 radical (unpaired) electrons. The van der Waals surface area contributed by atoms with Crippen molar-refractivity contribution in [3.8, 4) is 0 Å². The van der Waals surface area contributed by atoms with Crippen LogP contribution in [0.25, 0.3) is 0 Å². The number of fused-ring (bicyclic) bond motifs is 1. The molecule has 0 spiro atoms. The highest BCUT2D eigenvalue weighted by molar-refractivity contribution is 7.98. The van der Waals surface area contributed by atoms with Gasteiger partial charge in [-0.15, -0.1) is 11.8 Å². The topological polar surface area (TPSA) is 66.4 Å².